The Hall–Kier alpha value is -1.79. The molecule has 0 saturated heterocycles. The van der Waals surface area contributed by atoms with Gasteiger partial charge in [0.25, 0.3) is 0 Å². The van der Waals surface area contributed by atoms with Crippen LogP contribution in [0.2, 0.25) is 0 Å². The second-order valence-corrected chi connectivity index (χ2v) is 8.07. The summed E-state index contributed by atoms with van der Waals surface area (Å²) in [5.41, 5.74) is 2.85. The number of nitrogens with zero attached hydrogens (tertiary/aromatic N) is 2. The maximum Gasteiger partial charge on any atom is 0.212 e. The Morgan fingerprint density at radius 1 is 1.25 bits per heavy atom. The van der Waals surface area contributed by atoms with Crippen LogP contribution in [-0.4, -0.2) is 24.1 Å². The topological polar surface area (TPSA) is 72.0 Å². The average Bonchev–Trinajstić information content (AvgIpc) is 2.60. The van der Waals surface area contributed by atoms with E-state index in [0.717, 1.165) is 42.5 Å². The normalized spacial score (nSPS) is 17.5. The third-order valence-corrected chi connectivity index (χ3v) is 5.77. The van der Waals surface area contributed by atoms with Gasteiger partial charge in [-0.05, 0) is 25.7 Å². The second-order valence-electron chi connectivity index (χ2n) is 6.20. The quantitative estimate of drug-likeness (QED) is 0.872. The van der Waals surface area contributed by atoms with E-state index in [4.69, 9.17) is 0 Å². The molecule has 1 aromatic carbocycles. The van der Waals surface area contributed by atoms with Crippen LogP contribution >= 0.6 is 0 Å². The van der Waals surface area contributed by atoms with Crippen LogP contribution in [0.5, 0.6) is 0 Å². The predicted molar refractivity (Wildman–Crippen MR) is 95.0 cm³/mol. The Morgan fingerprint density at radius 3 is 2.79 bits per heavy atom. The molecule has 128 valence electrons. The van der Waals surface area contributed by atoms with Gasteiger partial charge in [0.2, 0.25) is 10.0 Å². The molecule has 1 heterocycles. The van der Waals surface area contributed by atoms with Crippen LogP contribution in [0.3, 0.4) is 0 Å². The molecule has 1 unspecified atom stereocenters. The molecule has 0 fully saturated rings. The number of aryl methyl sites for hydroxylation is 1. The van der Waals surface area contributed by atoms with Crippen LogP contribution in [0.4, 0.5) is 0 Å². The summed E-state index contributed by atoms with van der Waals surface area (Å²) >= 11 is 0. The summed E-state index contributed by atoms with van der Waals surface area (Å²) in [7, 11) is -3.25. The number of fused-ring (bicyclic) bond motifs is 1. The third kappa shape index (κ3) is 3.99. The van der Waals surface area contributed by atoms with E-state index in [9.17, 15) is 8.42 Å². The first-order valence-electron chi connectivity index (χ1n) is 8.50. The number of sulfonamides is 1. The molecular formula is C18H23N3O2S. The monoisotopic (exact) mass is 345 g/mol. The minimum Gasteiger partial charge on any atom is -0.236 e. The standard InChI is InChI=1S/C18H23N3O2S/c1-2-3-12-24(22,23)21-17-11-7-10-16-15(17)13-19-18(20-16)14-8-5-4-6-9-14/h4-6,8-9,13,17,21H,2-3,7,10-12H2,1H3. The van der Waals surface area contributed by atoms with Gasteiger partial charge in [-0.3, -0.25) is 0 Å². The van der Waals surface area contributed by atoms with E-state index >= 15 is 0 Å². The number of aromatic nitrogens is 2. The fourth-order valence-corrected chi connectivity index (χ4v) is 4.47. The van der Waals surface area contributed by atoms with Crippen molar-refractivity contribution < 1.29 is 8.42 Å². The van der Waals surface area contributed by atoms with Gasteiger partial charge < -0.3 is 0 Å². The molecule has 0 bridgehead atoms. The van der Waals surface area contributed by atoms with Crippen molar-refractivity contribution in [1.29, 1.82) is 0 Å². The lowest BCUT2D eigenvalue weighted by Crippen LogP contribution is -2.33. The van der Waals surface area contributed by atoms with Crippen LogP contribution < -0.4 is 4.72 Å². The van der Waals surface area contributed by atoms with Crippen LogP contribution in [0.1, 0.15) is 49.9 Å². The Kier molecular flexibility index (Phi) is 5.26. The van der Waals surface area contributed by atoms with Crippen molar-refractivity contribution in [2.24, 2.45) is 0 Å². The van der Waals surface area contributed by atoms with Gasteiger partial charge in [-0.15, -0.1) is 0 Å². The van der Waals surface area contributed by atoms with Crippen LogP contribution in [0, 0.1) is 0 Å². The number of unbranched alkanes of at least 4 members (excludes halogenated alkanes) is 1. The predicted octanol–water partition coefficient (Wildman–Crippen LogP) is 3.24. The van der Waals surface area contributed by atoms with Crippen LogP contribution in [0.25, 0.3) is 11.4 Å². The van der Waals surface area contributed by atoms with Crippen molar-refractivity contribution in [3.8, 4) is 11.4 Å². The molecule has 0 amide bonds. The Labute approximate surface area is 143 Å². The van der Waals surface area contributed by atoms with E-state index in [0.29, 0.717) is 12.2 Å². The first-order valence-corrected chi connectivity index (χ1v) is 10.2. The summed E-state index contributed by atoms with van der Waals surface area (Å²) in [5.74, 6) is 0.877. The lowest BCUT2D eigenvalue weighted by atomic mass is 9.93. The maximum atomic E-state index is 12.2. The summed E-state index contributed by atoms with van der Waals surface area (Å²) < 4.78 is 27.2. The van der Waals surface area contributed by atoms with E-state index in [1.54, 1.807) is 6.20 Å². The van der Waals surface area contributed by atoms with E-state index in [-0.39, 0.29) is 11.8 Å². The van der Waals surface area contributed by atoms with Gasteiger partial charge >= 0.3 is 0 Å². The molecular weight excluding hydrogens is 322 g/mol. The van der Waals surface area contributed by atoms with E-state index in [2.05, 4.69) is 14.7 Å². The number of hydrogen-bond donors (Lipinski definition) is 1. The highest BCUT2D eigenvalue weighted by atomic mass is 32.2. The summed E-state index contributed by atoms with van der Waals surface area (Å²) in [6.07, 6.45) is 5.93. The highest BCUT2D eigenvalue weighted by molar-refractivity contribution is 7.89. The number of rotatable bonds is 6. The van der Waals surface area contributed by atoms with E-state index in [1.165, 1.54) is 0 Å². The minimum atomic E-state index is -3.25. The van der Waals surface area contributed by atoms with Crippen molar-refractivity contribution in [2.75, 3.05) is 5.75 Å². The third-order valence-electron chi connectivity index (χ3n) is 4.30. The molecule has 2 aromatic rings. The highest BCUT2D eigenvalue weighted by Gasteiger charge is 2.26. The fourth-order valence-electron chi connectivity index (χ4n) is 3.01. The number of nitrogens with one attached hydrogen (secondary N) is 1. The molecule has 0 spiro atoms. The zero-order valence-corrected chi connectivity index (χ0v) is 14.7. The van der Waals surface area contributed by atoms with Gasteiger partial charge in [-0.1, -0.05) is 43.7 Å². The summed E-state index contributed by atoms with van der Waals surface area (Å²) in [6.45, 7) is 1.99. The Balaban J connectivity index is 1.84. The fraction of sp³-hybridized carbons (Fsp3) is 0.444. The molecule has 3 rings (SSSR count). The summed E-state index contributed by atoms with van der Waals surface area (Å²) in [5, 5.41) is 0. The number of benzene rings is 1. The molecule has 0 aliphatic heterocycles. The highest BCUT2D eigenvalue weighted by Crippen LogP contribution is 2.30. The molecule has 5 nitrogen and oxygen atoms in total. The molecule has 24 heavy (non-hydrogen) atoms. The average molecular weight is 345 g/mol. The first kappa shape index (κ1) is 17.0. The summed E-state index contributed by atoms with van der Waals surface area (Å²) in [6, 6.07) is 9.64. The first-order chi connectivity index (χ1) is 11.6. The molecule has 1 aromatic heterocycles. The summed E-state index contributed by atoms with van der Waals surface area (Å²) in [4.78, 5) is 9.14. The van der Waals surface area contributed by atoms with Crippen molar-refractivity contribution in [3.63, 3.8) is 0 Å². The molecule has 6 heteroatoms. The van der Waals surface area contributed by atoms with E-state index in [1.807, 2.05) is 37.3 Å². The molecule has 0 radical (unpaired) electrons. The largest absolute Gasteiger partial charge is 0.236 e. The van der Waals surface area contributed by atoms with E-state index < -0.39 is 10.0 Å². The van der Waals surface area contributed by atoms with Gasteiger partial charge in [-0.2, -0.15) is 0 Å². The van der Waals surface area contributed by atoms with Gasteiger partial charge in [0, 0.05) is 29.1 Å². The molecule has 1 aliphatic carbocycles. The van der Waals surface area contributed by atoms with Crippen molar-refractivity contribution >= 4 is 10.0 Å². The van der Waals surface area contributed by atoms with Crippen molar-refractivity contribution in [3.05, 3.63) is 47.8 Å². The van der Waals surface area contributed by atoms with Gasteiger partial charge in [0.1, 0.15) is 0 Å². The molecule has 0 saturated carbocycles. The van der Waals surface area contributed by atoms with Gasteiger partial charge in [0.15, 0.2) is 5.82 Å². The zero-order chi connectivity index (χ0) is 17.0. The SMILES string of the molecule is CCCCS(=O)(=O)NC1CCCc2nc(-c3ccccc3)ncc21. The van der Waals surface area contributed by atoms with Crippen LogP contribution in [-0.2, 0) is 16.4 Å². The zero-order valence-electron chi connectivity index (χ0n) is 13.9. The second kappa shape index (κ2) is 7.40. The van der Waals surface area contributed by atoms with Gasteiger partial charge in [-0.25, -0.2) is 23.1 Å². The Morgan fingerprint density at radius 2 is 2.04 bits per heavy atom. The lowest BCUT2D eigenvalue weighted by molar-refractivity contribution is 0.499. The van der Waals surface area contributed by atoms with Crippen molar-refractivity contribution in [2.45, 2.75) is 45.1 Å². The molecule has 1 atom stereocenters. The maximum absolute atomic E-state index is 12.2. The minimum absolute atomic E-state index is 0.179. The van der Waals surface area contributed by atoms with Gasteiger partial charge in [0.05, 0.1) is 5.75 Å². The van der Waals surface area contributed by atoms with Crippen molar-refractivity contribution in [1.82, 2.24) is 14.7 Å². The molecule has 1 aliphatic rings. The lowest BCUT2D eigenvalue weighted by Gasteiger charge is -2.25. The van der Waals surface area contributed by atoms with Crippen LogP contribution in [0.15, 0.2) is 36.5 Å². The smallest absolute Gasteiger partial charge is 0.212 e. The Bertz CT molecular complexity index is 791. The number of hydrogen-bond acceptors (Lipinski definition) is 4. The molecule has 1 N–H and O–H groups in total.